The molecule has 0 saturated carbocycles. The number of carboxylic acid groups (broad SMARTS) is 1. The van der Waals surface area contributed by atoms with Crippen molar-refractivity contribution >= 4 is 22.6 Å². The molecule has 24 heavy (non-hydrogen) atoms. The van der Waals surface area contributed by atoms with Crippen LogP contribution in [0.5, 0.6) is 0 Å². The third-order valence-corrected chi connectivity index (χ3v) is 4.07. The Bertz CT molecular complexity index is 681. The highest BCUT2D eigenvalue weighted by Crippen LogP contribution is 2.16. The second-order valence-electron chi connectivity index (χ2n) is 6.09. The van der Waals surface area contributed by atoms with Crippen LogP contribution in [0.1, 0.15) is 44.1 Å². The molecule has 0 radical (unpaired) electrons. The van der Waals surface area contributed by atoms with Gasteiger partial charge in [-0.1, -0.05) is 48.9 Å². The first-order valence-electron chi connectivity index (χ1n) is 8.61. The number of hydrogen-bond acceptors (Lipinski definition) is 2. The lowest BCUT2D eigenvalue weighted by molar-refractivity contribution is -0.137. The van der Waals surface area contributed by atoms with Crippen LogP contribution >= 0.6 is 0 Å². The molecule has 0 aliphatic heterocycles. The Hall–Kier alpha value is -2.36. The number of benzene rings is 2. The third-order valence-electron chi connectivity index (χ3n) is 4.07. The van der Waals surface area contributed by atoms with Crippen LogP contribution in [-0.2, 0) is 16.0 Å². The van der Waals surface area contributed by atoms with Gasteiger partial charge in [0.05, 0.1) is 0 Å². The Morgan fingerprint density at radius 2 is 1.67 bits per heavy atom. The number of hydrogen-bond donors (Lipinski definition) is 2. The van der Waals surface area contributed by atoms with E-state index >= 15 is 0 Å². The van der Waals surface area contributed by atoms with Crippen molar-refractivity contribution in [2.24, 2.45) is 0 Å². The predicted octanol–water partition coefficient (Wildman–Crippen LogP) is 3.92. The number of carboxylic acids is 1. The second-order valence-corrected chi connectivity index (χ2v) is 6.09. The minimum absolute atomic E-state index is 0.0778. The van der Waals surface area contributed by atoms with E-state index in [0.29, 0.717) is 19.4 Å². The lowest BCUT2D eigenvalue weighted by atomic mass is 10.0. The molecule has 0 aromatic heterocycles. The van der Waals surface area contributed by atoms with Crippen LogP contribution in [0, 0.1) is 0 Å². The molecule has 0 fully saturated rings. The minimum Gasteiger partial charge on any atom is -0.481 e. The molecule has 2 aromatic rings. The number of carbonyl (C=O) groups excluding carboxylic acids is 1. The number of aryl methyl sites for hydroxylation is 1. The summed E-state index contributed by atoms with van der Waals surface area (Å²) in [5.74, 6) is -0.679. The molecule has 0 aliphatic carbocycles. The highest BCUT2D eigenvalue weighted by atomic mass is 16.4. The second kappa shape index (κ2) is 9.71. The maximum absolute atomic E-state index is 11.8. The molecule has 1 amide bonds. The Balaban J connectivity index is 1.60. The van der Waals surface area contributed by atoms with Crippen LogP contribution in [0.2, 0.25) is 0 Å². The molecule has 0 aliphatic rings. The van der Waals surface area contributed by atoms with E-state index in [1.165, 1.54) is 16.3 Å². The summed E-state index contributed by atoms with van der Waals surface area (Å²) in [4.78, 5) is 22.2. The van der Waals surface area contributed by atoms with Crippen LogP contribution in [-0.4, -0.2) is 23.5 Å². The van der Waals surface area contributed by atoms with E-state index in [2.05, 4.69) is 35.6 Å². The molecule has 0 spiro atoms. The normalized spacial score (nSPS) is 10.7. The molecule has 2 N–H and O–H groups in total. The first kappa shape index (κ1) is 18.0. The van der Waals surface area contributed by atoms with Gasteiger partial charge in [-0.15, -0.1) is 0 Å². The number of aliphatic carboxylic acids is 1. The van der Waals surface area contributed by atoms with Crippen LogP contribution < -0.4 is 5.32 Å². The standard InChI is InChI=1S/C20H25NO3/c22-19(21-14-5-1-2-11-20(23)24)10-6-7-16-12-13-17-8-3-4-9-18(17)15-16/h3-4,8-9,12-13,15H,1-2,5-7,10-11,14H2,(H,21,22)(H,23,24). The van der Waals surface area contributed by atoms with Crippen molar-refractivity contribution in [3.05, 3.63) is 48.0 Å². The fourth-order valence-corrected chi connectivity index (χ4v) is 2.74. The highest BCUT2D eigenvalue weighted by Gasteiger charge is 2.02. The van der Waals surface area contributed by atoms with E-state index in [1.54, 1.807) is 0 Å². The lowest BCUT2D eigenvalue weighted by Crippen LogP contribution is -2.24. The van der Waals surface area contributed by atoms with Gasteiger partial charge in [0.15, 0.2) is 0 Å². The number of rotatable bonds is 10. The molecule has 4 heteroatoms. The largest absolute Gasteiger partial charge is 0.481 e. The monoisotopic (exact) mass is 327 g/mol. The highest BCUT2D eigenvalue weighted by molar-refractivity contribution is 5.83. The third kappa shape index (κ3) is 6.41. The van der Waals surface area contributed by atoms with Crippen molar-refractivity contribution in [1.29, 1.82) is 0 Å². The Morgan fingerprint density at radius 3 is 2.46 bits per heavy atom. The Kier molecular flexibility index (Phi) is 7.27. The van der Waals surface area contributed by atoms with Crippen molar-refractivity contribution < 1.29 is 14.7 Å². The summed E-state index contributed by atoms with van der Waals surface area (Å²) in [6, 6.07) is 14.7. The molecule has 0 saturated heterocycles. The molecule has 2 aromatic carbocycles. The summed E-state index contributed by atoms with van der Waals surface area (Å²) in [5.41, 5.74) is 1.26. The van der Waals surface area contributed by atoms with Gasteiger partial charge >= 0.3 is 5.97 Å². The smallest absolute Gasteiger partial charge is 0.303 e. The lowest BCUT2D eigenvalue weighted by Gasteiger charge is -2.06. The predicted molar refractivity (Wildman–Crippen MR) is 96.0 cm³/mol. The molecule has 0 atom stereocenters. The number of nitrogens with one attached hydrogen (secondary N) is 1. The number of carbonyl (C=O) groups is 2. The zero-order valence-electron chi connectivity index (χ0n) is 14.0. The molecular weight excluding hydrogens is 302 g/mol. The summed E-state index contributed by atoms with van der Waals surface area (Å²) in [7, 11) is 0. The molecular formula is C20H25NO3. The zero-order chi connectivity index (χ0) is 17.2. The molecule has 0 unspecified atom stereocenters. The molecule has 4 nitrogen and oxygen atoms in total. The first-order valence-corrected chi connectivity index (χ1v) is 8.61. The van der Waals surface area contributed by atoms with Gasteiger partial charge in [0.25, 0.3) is 0 Å². The molecule has 0 heterocycles. The molecule has 128 valence electrons. The Morgan fingerprint density at radius 1 is 0.875 bits per heavy atom. The zero-order valence-corrected chi connectivity index (χ0v) is 14.0. The van der Waals surface area contributed by atoms with Crippen LogP contribution in [0.4, 0.5) is 0 Å². The van der Waals surface area contributed by atoms with Crippen LogP contribution in [0.25, 0.3) is 10.8 Å². The molecule has 0 bridgehead atoms. The van der Waals surface area contributed by atoms with Gasteiger partial charge in [-0.25, -0.2) is 0 Å². The SMILES string of the molecule is O=C(O)CCCCCNC(=O)CCCc1ccc2ccccc2c1. The van der Waals surface area contributed by atoms with E-state index in [-0.39, 0.29) is 12.3 Å². The summed E-state index contributed by atoms with van der Waals surface area (Å²) in [6.45, 7) is 0.633. The Labute approximate surface area is 142 Å². The average Bonchev–Trinajstić information content (AvgIpc) is 2.57. The van der Waals surface area contributed by atoms with Crippen LogP contribution in [0.3, 0.4) is 0 Å². The summed E-state index contributed by atoms with van der Waals surface area (Å²) < 4.78 is 0. The van der Waals surface area contributed by atoms with Gasteiger partial charge in [-0.05, 0) is 42.0 Å². The van der Waals surface area contributed by atoms with Gasteiger partial charge in [-0.3, -0.25) is 9.59 Å². The van der Waals surface area contributed by atoms with E-state index in [1.807, 2.05) is 12.1 Å². The van der Waals surface area contributed by atoms with Crippen molar-refractivity contribution in [3.63, 3.8) is 0 Å². The van der Waals surface area contributed by atoms with E-state index < -0.39 is 5.97 Å². The topological polar surface area (TPSA) is 66.4 Å². The fraction of sp³-hybridized carbons (Fsp3) is 0.400. The van der Waals surface area contributed by atoms with E-state index in [9.17, 15) is 9.59 Å². The van der Waals surface area contributed by atoms with Gasteiger partial charge in [-0.2, -0.15) is 0 Å². The fourth-order valence-electron chi connectivity index (χ4n) is 2.74. The first-order chi connectivity index (χ1) is 11.6. The molecule has 2 rings (SSSR count). The van der Waals surface area contributed by atoms with Crippen molar-refractivity contribution in [2.45, 2.75) is 44.9 Å². The van der Waals surface area contributed by atoms with Crippen molar-refractivity contribution in [1.82, 2.24) is 5.32 Å². The van der Waals surface area contributed by atoms with Crippen molar-refractivity contribution in [2.75, 3.05) is 6.54 Å². The van der Waals surface area contributed by atoms with Crippen molar-refractivity contribution in [3.8, 4) is 0 Å². The van der Waals surface area contributed by atoms with Gasteiger partial charge in [0.2, 0.25) is 5.91 Å². The summed E-state index contributed by atoms with van der Waals surface area (Å²) in [6.07, 6.45) is 4.82. The number of amides is 1. The van der Waals surface area contributed by atoms with Gasteiger partial charge in [0.1, 0.15) is 0 Å². The van der Waals surface area contributed by atoms with Crippen LogP contribution in [0.15, 0.2) is 42.5 Å². The maximum atomic E-state index is 11.8. The minimum atomic E-state index is -0.757. The maximum Gasteiger partial charge on any atom is 0.303 e. The quantitative estimate of drug-likeness (QED) is 0.650. The van der Waals surface area contributed by atoms with E-state index in [4.69, 9.17) is 5.11 Å². The summed E-state index contributed by atoms with van der Waals surface area (Å²) >= 11 is 0. The van der Waals surface area contributed by atoms with Gasteiger partial charge in [0, 0.05) is 19.4 Å². The number of unbranched alkanes of at least 4 members (excludes halogenated alkanes) is 2. The number of fused-ring (bicyclic) bond motifs is 1. The summed E-state index contributed by atoms with van der Waals surface area (Å²) in [5, 5.41) is 13.9. The van der Waals surface area contributed by atoms with Gasteiger partial charge < -0.3 is 10.4 Å². The van der Waals surface area contributed by atoms with E-state index in [0.717, 1.165) is 25.7 Å². The average molecular weight is 327 g/mol.